The SMILES string of the molecule is NC(N)=NN([O-])O. The van der Waals surface area contributed by atoms with Gasteiger partial charge in [0.15, 0.2) is 0 Å². The van der Waals surface area contributed by atoms with Crippen LogP contribution < -0.4 is 11.5 Å². The van der Waals surface area contributed by atoms with Crippen molar-refractivity contribution in [2.24, 2.45) is 16.6 Å². The van der Waals surface area contributed by atoms with Gasteiger partial charge in [0.2, 0.25) is 5.96 Å². The molecule has 0 aliphatic heterocycles. The summed E-state index contributed by atoms with van der Waals surface area (Å²) < 4.78 is 0. The van der Waals surface area contributed by atoms with E-state index in [4.69, 9.17) is 5.21 Å². The Hall–Kier alpha value is -1.01. The van der Waals surface area contributed by atoms with Crippen molar-refractivity contribution in [3.8, 4) is 0 Å². The zero-order chi connectivity index (χ0) is 5.86. The third-order valence-electron chi connectivity index (χ3n) is 0.201. The molecule has 0 unspecified atom stereocenters. The third kappa shape index (κ3) is 4.99. The van der Waals surface area contributed by atoms with Crippen molar-refractivity contribution >= 4 is 5.96 Å². The van der Waals surface area contributed by atoms with Crippen LogP contribution in [0.2, 0.25) is 0 Å². The summed E-state index contributed by atoms with van der Waals surface area (Å²) in [4.78, 5) is 0. The molecule has 0 saturated carbocycles. The minimum Gasteiger partial charge on any atom is -0.716 e. The summed E-state index contributed by atoms with van der Waals surface area (Å²) in [6, 6.07) is 0. The van der Waals surface area contributed by atoms with Gasteiger partial charge in [-0.15, -0.1) is 5.10 Å². The highest BCUT2D eigenvalue weighted by Gasteiger charge is 1.73. The fourth-order valence-electron chi connectivity index (χ4n) is 0.0988. The Balaban J connectivity index is 3.45. The van der Waals surface area contributed by atoms with E-state index < -0.39 is 11.3 Å². The van der Waals surface area contributed by atoms with Crippen LogP contribution in [0.15, 0.2) is 5.10 Å². The van der Waals surface area contributed by atoms with Gasteiger partial charge in [-0.3, -0.25) is 5.21 Å². The van der Waals surface area contributed by atoms with Crippen molar-refractivity contribution in [1.82, 2.24) is 5.34 Å². The predicted molar refractivity (Wildman–Crippen MR) is 22.8 cm³/mol. The Morgan fingerprint density at radius 1 is 1.71 bits per heavy atom. The van der Waals surface area contributed by atoms with Crippen LogP contribution in [0.3, 0.4) is 0 Å². The van der Waals surface area contributed by atoms with Crippen molar-refractivity contribution in [3.63, 3.8) is 0 Å². The van der Waals surface area contributed by atoms with Crippen molar-refractivity contribution < 1.29 is 5.21 Å². The zero-order valence-electron chi connectivity index (χ0n) is 3.40. The fourth-order valence-corrected chi connectivity index (χ4v) is 0.0988. The molecule has 0 fully saturated rings. The van der Waals surface area contributed by atoms with Crippen molar-refractivity contribution in [1.29, 1.82) is 0 Å². The van der Waals surface area contributed by atoms with Crippen LogP contribution in [0.5, 0.6) is 0 Å². The molecule has 0 aromatic heterocycles. The largest absolute Gasteiger partial charge is 0.716 e. The summed E-state index contributed by atoms with van der Waals surface area (Å²) in [7, 11) is 0. The Morgan fingerprint density at radius 2 is 2.14 bits per heavy atom. The Kier molecular flexibility index (Phi) is 1.89. The third-order valence-corrected chi connectivity index (χ3v) is 0.201. The molecule has 0 rings (SSSR count). The monoisotopic (exact) mass is 105 g/mol. The van der Waals surface area contributed by atoms with Crippen LogP contribution >= 0.6 is 0 Å². The molecular weight excluding hydrogens is 100 g/mol. The molecule has 0 bridgehead atoms. The molecule has 0 aromatic carbocycles. The Morgan fingerprint density at radius 3 is 2.14 bits per heavy atom. The zero-order valence-corrected chi connectivity index (χ0v) is 3.40. The van der Waals surface area contributed by atoms with Gasteiger partial charge in [-0.2, -0.15) is 0 Å². The van der Waals surface area contributed by atoms with E-state index in [1.54, 1.807) is 0 Å². The maximum atomic E-state index is 9.38. The van der Waals surface area contributed by atoms with Crippen LogP contribution in [0, 0.1) is 5.21 Å². The van der Waals surface area contributed by atoms with E-state index in [0.29, 0.717) is 0 Å². The summed E-state index contributed by atoms with van der Waals surface area (Å²) in [6.07, 6.45) is 0. The standard InChI is InChI=1S/CH5N4O2/c2-1(3)4-5(6)7/h6H,(H4,2,3,4)/q-1. The molecule has 0 aromatic rings. The highest BCUT2D eigenvalue weighted by atomic mass is 16.8. The van der Waals surface area contributed by atoms with Crippen LogP contribution in [0.1, 0.15) is 0 Å². The molecule has 0 heterocycles. The summed E-state index contributed by atoms with van der Waals surface area (Å²) in [5.41, 5.74) is 9.24. The molecule has 0 spiro atoms. The van der Waals surface area contributed by atoms with E-state index in [2.05, 4.69) is 16.6 Å². The lowest BCUT2D eigenvalue weighted by Crippen LogP contribution is -2.25. The van der Waals surface area contributed by atoms with E-state index in [0.717, 1.165) is 0 Å². The molecule has 0 saturated heterocycles. The second-order valence-electron chi connectivity index (χ2n) is 0.778. The molecule has 5 N–H and O–H groups in total. The van der Waals surface area contributed by atoms with Gasteiger partial charge in [-0.05, 0) is 0 Å². The molecule has 6 nitrogen and oxygen atoms in total. The highest BCUT2D eigenvalue weighted by molar-refractivity contribution is 5.75. The highest BCUT2D eigenvalue weighted by Crippen LogP contribution is 1.70. The summed E-state index contributed by atoms with van der Waals surface area (Å²) in [5, 5.41) is 18.9. The number of guanidine groups is 1. The molecular formula is CH5N4O2-. The number of rotatable bonds is 1. The summed E-state index contributed by atoms with van der Waals surface area (Å²) in [5.74, 6) is -0.475. The molecule has 7 heavy (non-hydrogen) atoms. The van der Waals surface area contributed by atoms with E-state index in [1.807, 2.05) is 0 Å². The van der Waals surface area contributed by atoms with Gasteiger partial charge in [0, 0.05) is 0 Å². The number of hydrazone groups is 1. The second-order valence-corrected chi connectivity index (χ2v) is 0.778. The van der Waals surface area contributed by atoms with Gasteiger partial charge >= 0.3 is 0 Å². The normalized spacial score (nSPS) is 7.71. The van der Waals surface area contributed by atoms with Gasteiger partial charge in [0.25, 0.3) is 0 Å². The summed E-state index contributed by atoms with van der Waals surface area (Å²) in [6.45, 7) is 0. The first-order chi connectivity index (χ1) is 3.13. The first-order valence-corrected chi connectivity index (χ1v) is 1.38. The molecule has 0 atom stereocenters. The van der Waals surface area contributed by atoms with Crippen LogP contribution in [0.25, 0.3) is 0 Å². The maximum Gasteiger partial charge on any atom is 0.210 e. The molecule has 0 amide bonds. The minimum absolute atomic E-state index is 0.475. The maximum absolute atomic E-state index is 9.38. The average Bonchev–Trinajstić information content (AvgIpc) is 1.27. The predicted octanol–water partition coefficient (Wildman–Crippen LogP) is -1.64. The molecule has 0 radical (unpaired) electrons. The van der Waals surface area contributed by atoms with Gasteiger partial charge in [0.1, 0.15) is 0 Å². The van der Waals surface area contributed by atoms with Crippen LogP contribution in [0.4, 0.5) is 0 Å². The van der Waals surface area contributed by atoms with Gasteiger partial charge in [-0.1, -0.05) is 0 Å². The van der Waals surface area contributed by atoms with Crippen molar-refractivity contribution in [2.45, 2.75) is 0 Å². The van der Waals surface area contributed by atoms with E-state index >= 15 is 0 Å². The minimum atomic E-state index is -0.713. The van der Waals surface area contributed by atoms with Gasteiger partial charge < -0.3 is 16.7 Å². The topological polar surface area (TPSA) is 111 Å². The lowest BCUT2D eigenvalue weighted by molar-refractivity contribution is -0.0385. The fraction of sp³-hybridized carbons (Fsp3) is 0. The first-order valence-electron chi connectivity index (χ1n) is 1.38. The lowest BCUT2D eigenvalue weighted by Gasteiger charge is -2.12. The number of nitrogens with zero attached hydrogens (tertiary/aromatic N) is 2. The molecule has 0 aliphatic rings. The second kappa shape index (κ2) is 2.21. The van der Waals surface area contributed by atoms with Crippen LogP contribution in [-0.4, -0.2) is 16.5 Å². The number of hydrogen-bond acceptors (Lipinski definition) is 4. The lowest BCUT2D eigenvalue weighted by atomic mass is 11.1. The average molecular weight is 105 g/mol. The van der Waals surface area contributed by atoms with Gasteiger partial charge in [0.05, 0.1) is 0 Å². The van der Waals surface area contributed by atoms with E-state index in [9.17, 15) is 5.21 Å². The Bertz CT molecular complexity index is 73.8. The quantitative estimate of drug-likeness (QED) is 0.210. The molecule has 42 valence electrons. The molecule has 6 heteroatoms. The van der Waals surface area contributed by atoms with Crippen molar-refractivity contribution in [3.05, 3.63) is 5.21 Å². The van der Waals surface area contributed by atoms with Crippen LogP contribution in [-0.2, 0) is 0 Å². The molecule has 0 aliphatic carbocycles. The Labute approximate surface area is 39.5 Å². The van der Waals surface area contributed by atoms with E-state index in [-0.39, 0.29) is 0 Å². The summed E-state index contributed by atoms with van der Waals surface area (Å²) >= 11 is 0. The first kappa shape index (κ1) is 5.99. The smallest absolute Gasteiger partial charge is 0.210 e. The van der Waals surface area contributed by atoms with Gasteiger partial charge in [-0.25, -0.2) is 5.34 Å². The van der Waals surface area contributed by atoms with Crippen molar-refractivity contribution in [2.75, 3.05) is 0 Å². The number of nitrogens with two attached hydrogens (primary N) is 2. The van der Waals surface area contributed by atoms with E-state index in [1.165, 1.54) is 0 Å². The number of hydrogen-bond donors (Lipinski definition) is 3.